The summed E-state index contributed by atoms with van der Waals surface area (Å²) in [6.07, 6.45) is 0. The molecule has 1 heterocycles. The van der Waals surface area contributed by atoms with Gasteiger partial charge in [0.15, 0.2) is 0 Å². The van der Waals surface area contributed by atoms with Gasteiger partial charge in [0, 0.05) is 11.5 Å². The van der Waals surface area contributed by atoms with Crippen LogP contribution in [-0.2, 0) is 9.31 Å². The summed E-state index contributed by atoms with van der Waals surface area (Å²) in [4.78, 5) is 0. The van der Waals surface area contributed by atoms with Crippen molar-refractivity contribution in [2.24, 2.45) is 0 Å². The molecule has 1 aliphatic heterocycles. The summed E-state index contributed by atoms with van der Waals surface area (Å²) in [5.74, 6) is -1.23. The summed E-state index contributed by atoms with van der Waals surface area (Å²) in [6.45, 7) is 0.892. The van der Waals surface area contributed by atoms with Crippen LogP contribution in [0.4, 0.5) is 8.78 Å². The second-order valence-corrected chi connectivity index (χ2v) is 2.74. The molecule has 0 N–H and O–H groups in total. The van der Waals surface area contributed by atoms with Crippen molar-refractivity contribution in [2.75, 3.05) is 13.2 Å². The zero-order valence-corrected chi connectivity index (χ0v) is 6.80. The molecular formula is C8H7BF2O2. The Morgan fingerprint density at radius 2 is 1.85 bits per heavy atom. The molecule has 0 amide bonds. The fourth-order valence-corrected chi connectivity index (χ4v) is 1.23. The molecule has 1 fully saturated rings. The highest BCUT2D eigenvalue weighted by molar-refractivity contribution is 6.61. The summed E-state index contributed by atoms with van der Waals surface area (Å²) >= 11 is 0. The summed E-state index contributed by atoms with van der Waals surface area (Å²) in [7, 11) is -0.680. The standard InChI is InChI=1S/C8H7BF2O2/c10-6-1-2-7(8(11)5-6)9-12-3-4-13-9/h1-2,5H,3-4H2. The summed E-state index contributed by atoms with van der Waals surface area (Å²) in [5.41, 5.74) is 0.249. The monoisotopic (exact) mass is 184 g/mol. The Morgan fingerprint density at radius 3 is 2.46 bits per heavy atom. The number of halogens is 2. The molecule has 1 aliphatic rings. The lowest BCUT2D eigenvalue weighted by Gasteiger charge is -2.04. The van der Waals surface area contributed by atoms with Crippen molar-refractivity contribution in [3.05, 3.63) is 29.8 Å². The Hall–Kier alpha value is -0.935. The minimum atomic E-state index is -0.680. The third kappa shape index (κ3) is 1.71. The maximum atomic E-state index is 13.1. The van der Waals surface area contributed by atoms with Gasteiger partial charge in [-0.3, -0.25) is 0 Å². The molecule has 0 aromatic heterocycles. The smallest absolute Gasteiger partial charge is 0.405 e. The zero-order valence-electron chi connectivity index (χ0n) is 6.80. The lowest BCUT2D eigenvalue weighted by molar-refractivity contribution is 0.365. The van der Waals surface area contributed by atoms with Crippen molar-refractivity contribution >= 4 is 12.6 Å². The van der Waals surface area contributed by atoms with Gasteiger partial charge in [-0.1, -0.05) is 6.07 Å². The molecule has 0 radical (unpaired) electrons. The van der Waals surface area contributed by atoms with Crippen molar-refractivity contribution < 1.29 is 18.1 Å². The highest BCUT2D eigenvalue weighted by Crippen LogP contribution is 2.05. The molecule has 5 heteroatoms. The van der Waals surface area contributed by atoms with Gasteiger partial charge in [-0.25, -0.2) is 8.78 Å². The molecule has 0 bridgehead atoms. The van der Waals surface area contributed by atoms with Crippen LogP contribution in [0.5, 0.6) is 0 Å². The van der Waals surface area contributed by atoms with Gasteiger partial charge in [-0.05, 0) is 6.07 Å². The van der Waals surface area contributed by atoms with Gasteiger partial charge >= 0.3 is 7.12 Å². The van der Waals surface area contributed by atoms with Crippen LogP contribution in [0.15, 0.2) is 18.2 Å². The summed E-state index contributed by atoms with van der Waals surface area (Å²) in [5, 5.41) is 0. The van der Waals surface area contributed by atoms with Crippen molar-refractivity contribution in [1.82, 2.24) is 0 Å². The van der Waals surface area contributed by atoms with E-state index >= 15 is 0 Å². The molecular weight excluding hydrogens is 177 g/mol. The molecule has 2 rings (SSSR count). The van der Waals surface area contributed by atoms with E-state index in [2.05, 4.69) is 0 Å². The predicted octanol–water partition coefficient (Wildman–Crippen LogP) is 0.707. The van der Waals surface area contributed by atoms with E-state index in [0.717, 1.165) is 6.07 Å². The average molecular weight is 184 g/mol. The van der Waals surface area contributed by atoms with E-state index in [9.17, 15) is 8.78 Å². The number of hydrogen-bond acceptors (Lipinski definition) is 2. The molecule has 0 unspecified atom stereocenters. The average Bonchev–Trinajstić information content (AvgIpc) is 2.56. The van der Waals surface area contributed by atoms with E-state index in [1.54, 1.807) is 0 Å². The first-order chi connectivity index (χ1) is 6.27. The first-order valence-electron chi connectivity index (χ1n) is 3.95. The molecule has 68 valence electrons. The van der Waals surface area contributed by atoms with Gasteiger partial charge in [-0.2, -0.15) is 0 Å². The van der Waals surface area contributed by atoms with Crippen molar-refractivity contribution in [2.45, 2.75) is 0 Å². The Bertz CT molecular complexity index is 313. The van der Waals surface area contributed by atoms with Crippen LogP contribution in [0.25, 0.3) is 0 Å². The highest BCUT2D eigenvalue weighted by Gasteiger charge is 2.29. The second kappa shape index (κ2) is 3.43. The normalized spacial score (nSPS) is 16.6. The first-order valence-corrected chi connectivity index (χ1v) is 3.95. The van der Waals surface area contributed by atoms with E-state index in [-0.39, 0.29) is 5.46 Å². The minimum absolute atomic E-state index is 0.249. The van der Waals surface area contributed by atoms with E-state index in [1.165, 1.54) is 12.1 Å². The minimum Gasteiger partial charge on any atom is -0.405 e. The van der Waals surface area contributed by atoms with Crippen LogP contribution in [0.1, 0.15) is 0 Å². The number of hydrogen-bond donors (Lipinski definition) is 0. The van der Waals surface area contributed by atoms with E-state index in [4.69, 9.17) is 9.31 Å². The molecule has 13 heavy (non-hydrogen) atoms. The summed E-state index contributed by atoms with van der Waals surface area (Å²) in [6, 6.07) is 3.34. The van der Waals surface area contributed by atoms with Crippen LogP contribution in [-0.4, -0.2) is 20.3 Å². The van der Waals surface area contributed by atoms with Crippen LogP contribution in [0, 0.1) is 11.6 Å². The van der Waals surface area contributed by atoms with Gasteiger partial charge < -0.3 is 9.31 Å². The summed E-state index contributed by atoms with van der Waals surface area (Å²) < 4.78 is 35.8. The molecule has 0 spiro atoms. The maximum absolute atomic E-state index is 13.1. The fourth-order valence-electron chi connectivity index (χ4n) is 1.23. The van der Waals surface area contributed by atoms with E-state index in [1.807, 2.05) is 0 Å². The second-order valence-electron chi connectivity index (χ2n) is 2.74. The predicted molar refractivity (Wildman–Crippen MR) is 43.7 cm³/mol. The third-order valence-corrected chi connectivity index (χ3v) is 1.84. The largest absolute Gasteiger partial charge is 0.497 e. The quantitative estimate of drug-likeness (QED) is 0.598. The lowest BCUT2D eigenvalue weighted by Crippen LogP contribution is -2.34. The molecule has 0 atom stereocenters. The van der Waals surface area contributed by atoms with Gasteiger partial charge in [-0.15, -0.1) is 0 Å². The fraction of sp³-hybridized carbons (Fsp3) is 0.250. The topological polar surface area (TPSA) is 18.5 Å². The van der Waals surface area contributed by atoms with Gasteiger partial charge in [0.25, 0.3) is 0 Å². The zero-order chi connectivity index (χ0) is 9.26. The van der Waals surface area contributed by atoms with Gasteiger partial charge in [0.1, 0.15) is 11.6 Å². The molecule has 0 aliphatic carbocycles. The van der Waals surface area contributed by atoms with Crippen molar-refractivity contribution in [3.63, 3.8) is 0 Å². The van der Waals surface area contributed by atoms with E-state index in [0.29, 0.717) is 13.2 Å². The van der Waals surface area contributed by atoms with Crippen molar-refractivity contribution in [3.8, 4) is 0 Å². The Morgan fingerprint density at radius 1 is 1.15 bits per heavy atom. The Balaban J connectivity index is 2.29. The molecule has 2 nitrogen and oxygen atoms in total. The SMILES string of the molecule is Fc1ccc(B2OCCO2)c(F)c1. The third-order valence-electron chi connectivity index (χ3n) is 1.84. The van der Waals surface area contributed by atoms with Crippen LogP contribution in [0.3, 0.4) is 0 Å². The molecule has 1 aromatic rings. The molecule has 1 aromatic carbocycles. The molecule has 1 saturated heterocycles. The highest BCUT2D eigenvalue weighted by atomic mass is 19.1. The lowest BCUT2D eigenvalue weighted by atomic mass is 9.79. The van der Waals surface area contributed by atoms with Gasteiger partial charge in [0.05, 0.1) is 13.2 Å². The van der Waals surface area contributed by atoms with Crippen LogP contribution >= 0.6 is 0 Å². The number of benzene rings is 1. The Labute approximate surface area is 74.6 Å². The van der Waals surface area contributed by atoms with Crippen LogP contribution < -0.4 is 5.46 Å². The van der Waals surface area contributed by atoms with Gasteiger partial charge in [0.2, 0.25) is 0 Å². The van der Waals surface area contributed by atoms with Crippen LogP contribution in [0.2, 0.25) is 0 Å². The van der Waals surface area contributed by atoms with Crippen molar-refractivity contribution in [1.29, 1.82) is 0 Å². The first kappa shape index (κ1) is 8.65. The Kier molecular flexibility index (Phi) is 2.29. The maximum Gasteiger partial charge on any atom is 0.497 e. The molecule has 0 saturated carbocycles. The number of rotatable bonds is 1. The van der Waals surface area contributed by atoms with E-state index < -0.39 is 18.8 Å².